The number of nitrogens with zero attached hydrogens (tertiary/aromatic N) is 1. The molecule has 1 aliphatic heterocycles. The van der Waals surface area contributed by atoms with Crippen LogP contribution in [-0.2, 0) is 11.2 Å². The molecule has 1 amide bonds. The van der Waals surface area contributed by atoms with E-state index in [2.05, 4.69) is 15.6 Å². The Hall–Kier alpha value is -2.14. The van der Waals surface area contributed by atoms with Crippen molar-refractivity contribution in [3.05, 3.63) is 41.9 Å². The zero-order valence-electron chi connectivity index (χ0n) is 13.5. The summed E-state index contributed by atoms with van der Waals surface area (Å²) in [6.45, 7) is 3.84. The Labute approximate surface area is 136 Å². The van der Waals surface area contributed by atoms with E-state index in [4.69, 9.17) is 4.42 Å². The molecule has 2 heterocycles. The van der Waals surface area contributed by atoms with Gasteiger partial charge in [0.1, 0.15) is 0 Å². The average molecular weight is 313 g/mol. The van der Waals surface area contributed by atoms with Gasteiger partial charge < -0.3 is 15.1 Å². The van der Waals surface area contributed by atoms with Crippen LogP contribution in [0.15, 0.2) is 34.7 Å². The second-order valence-electron chi connectivity index (χ2n) is 6.00. The quantitative estimate of drug-likeness (QED) is 0.890. The highest BCUT2D eigenvalue weighted by molar-refractivity contribution is 5.76. The largest absolute Gasteiger partial charge is 0.440 e. The second kappa shape index (κ2) is 7.42. The monoisotopic (exact) mass is 313 g/mol. The Morgan fingerprint density at radius 1 is 1.39 bits per heavy atom. The van der Waals surface area contributed by atoms with Gasteiger partial charge in [0.15, 0.2) is 11.7 Å². The summed E-state index contributed by atoms with van der Waals surface area (Å²) < 4.78 is 5.84. The van der Waals surface area contributed by atoms with Crippen LogP contribution < -0.4 is 10.6 Å². The molecule has 1 aromatic heterocycles. The van der Waals surface area contributed by atoms with Gasteiger partial charge in [0.2, 0.25) is 5.91 Å². The van der Waals surface area contributed by atoms with E-state index in [9.17, 15) is 4.79 Å². The number of aromatic nitrogens is 1. The van der Waals surface area contributed by atoms with E-state index in [1.54, 1.807) is 0 Å². The lowest BCUT2D eigenvalue weighted by Crippen LogP contribution is -2.45. The van der Waals surface area contributed by atoms with E-state index in [0.717, 1.165) is 42.9 Å². The van der Waals surface area contributed by atoms with Crippen molar-refractivity contribution in [2.75, 3.05) is 13.1 Å². The van der Waals surface area contributed by atoms with Crippen molar-refractivity contribution < 1.29 is 9.21 Å². The lowest BCUT2D eigenvalue weighted by Gasteiger charge is -2.23. The van der Waals surface area contributed by atoms with E-state index in [1.807, 2.05) is 37.3 Å². The number of oxazole rings is 1. The molecule has 2 aromatic rings. The Morgan fingerprint density at radius 2 is 2.22 bits per heavy atom. The minimum Gasteiger partial charge on any atom is -0.440 e. The Kier molecular flexibility index (Phi) is 5.08. The molecule has 0 aliphatic carbocycles. The molecule has 1 unspecified atom stereocenters. The van der Waals surface area contributed by atoms with Gasteiger partial charge in [-0.25, -0.2) is 4.98 Å². The van der Waals surface area contributed by atoms with Crippen LogP contribution >= 0.6 is 0 Å². The zero-order valence-corrected chi connectivity index (χ0v) is 13.5. The smallest absolute Gasteiger partial charge is 0.220 e. The van der Waals surface area contributed by atoms with Crippen LogP contribution in [0.2, 0.25) is 0 Å². The molecule has 1 aliphatic rings. The van der Waals surface area contributed by atoms with Gasteiger partial charge in [-0.15, -0.1) is 0 Å². The van der Waals surface area contributed by atoms with E-state index < -0.39 is 0 Å². The third kappa shape index (κ3) is 4.20. The topological polar surface area (TPSA) is 67.2 Å². The lowest BCUT2D eigenvalue weighted by atomic mass is 10.1. The normalized spacial score (nSPS) is 17.9. The van der Waals surface area contributed by atoms with Crippen LogP contribution in [0, 0.1) is 6.92 Å². The molecule has 0 spiro atoms. The van der Waals surface area contributed by atoms with Crippen molar-refractivity contribution in [3.8, 4) is 11.3 Å². The first kappa shape index (κ1) is 15.7. The maximum absolute atomic E-state index is 12.0. The molecule has 3 rings (SSSR count). The van der Waals surface area contributed by atoms with E-state index in [0.29, 0.717) is 18.7 Å². The van der Waals surface area contributed by atoms with Crippen molar-refractivity contribution in [3.63, 3.8) is 0 Å². The number of carbonyl (C=O) groups excluding carboxylic acids is 1. The molecule has 5 nitrogen and oxygen atoms in total. The highest BCUT2D eigenvalue weighted by atomic mass is 16.4. The first-order valence-corrected chi connectivity index (χ1v) is 8.24. The number of rotatable bonds is 5. The summed E-state index contributed by atoms with van der Waals surface area (Å²) in [5.74, 6) is 1.48. The van der Waals surface area contributed by atoms with Crippen molar-refractivity contribution in [2.45, 2.75) is 38.6 Å². The fourth-order valence-corrected chi connectivity index (χ4v) is 2.91. The van der Waals surface area contributed by atoms with Gasteiger partial charge in [-0.1, -0.05) is 30.3 Å². The lowest BCUT2D eigenvalue weighted by molar-refractivity contribution is -0.121. The summed E-state index contributed by atoms with van der Waals surface area (Å²) in [5, 5.41) is 6.37. The van der Waals surface area contributed by atoms with Crippen LogP contribution in [0.4, 0.5) is 0 Å². The van der Waals surface area contributed by atoms with Crippen molar-refractivity contribution >= 4 is 5.91 Å². The molecular weight excluding hydrogens is 290 g/mol. The molecular formula is C18H23N3O2. The van der Waals surface area contributed by atoms with Gasteiger partial charge in [0.05, 0.1) is 5.69 Å². The highest BCUT2D eigenvalue weighted by Gasteiger charge is 2.16. The Bertz CT molecular complexity index is 646. The second-order valence-corrected chi connectivity index (χ2v) is 6.00. The van der Waals surface area contributed by atoms with Crippen molar-refractivity contribution in [2.24, 2.45) is 0 Å². The first-order valence-electron chi connectivity index (χ1n) is 8.24. The van der Waals surface area contributed by atoms with Crippen LogP contribution in [-0.4, -0.2) is 30.0 Å². The molecule has 2 N–H and O–H groups in total. The standard InChI is InChI=1S/C18H23N3O2/c1-13-18(14-6-3-2-4-7-14)23-17(20-13)10-9-16(22)21-15-8-5-11-19-12-15/h2-4,6-7,15,19H,5,8-12H2,1H3,(H,21,22). The highest BCUT2D eigenvalue weighted by Crippen LogP contribution is 2.24. The molecule has 122 valence electrons. The number of benzene rings is 1. The predicted molar refractivity (Wildman–Crippen MR) is 89.0 cm³/mol. The molecule has 0 bridgehead atoms. The molecule has 1 atom stereocenters. The minimum atomic E-state index is 0.0656. The van der Waals surface area contributed by atoms with E-state index in [1.165, 1.54) is 0 Å². The van der Waals surface area contributed by atoms with Gasteiger partial charge in [-0.2, -0.15) is 0 Å². The van der Waals surface area contributed by atoms with Gasteiger partial charge in [0, 0.05) is 31.0 Å². The number of carbonyl (C=O) groups is 1. The maximum Gasteiger partial charge on any atom is 0.220 e. The van der Waals surface area contributed by atoms with Gasteiger partial charge in [-0.05, 0) is 26.3 Å². The van der Waals surface area contributed by atoms with Crippen LogP contribution in [0.3, 0.4) is 0 Å². The maximum atomic E-state index is 12.0. The van der Waals surface area contributed by atoms with Crippen molar-refractivity contribution in [1.82, 2.24) is 15.6 Å². The number of nitrogens with one attached hydrogen (secondary N) is 2. The summed E-state index contributed by atoms with van der Waals surface area (Å²) in [7, 11) is 0. The summed E-state index contributed by atoms with van der Waals surface area (Å²) in [5.41, 5.74) is 1.88. The molecule has 0 radical (unpaired) electrons. The molecule has 0 saturated carbocycles. The molecule has 23 heavy (non-hydrogen) atoms. The number of hydrogen-bond acceptors (Lipinski definition) is 4. The zero-order chi connectivity index (χ0) is 16.1. The molecule has 1 fully saturated rings. The van der Waals surface area contributed by atoms with Gasteiger partial charge in [0.25, 0.3) is 0 Å². The Morgan fingerprint density at radius 3 is 2.96 bits per heavy atom. The fourth-order valence-electron chi connectivity index (χ4n) is 2.91. The predicted octanol–water partition coefficient (Wildman–Crippen LogP) is 2.45. The van der Waals surface area contributed by atoms with Crippen LogP contribution in [0.25, 0.3) is 11.3 Å². The van der Waals surface area contributed by atoms with Crippen LogP contribution in [0.1, 0.15) is 30.8 Å². The Balaban J connectivity index is 1.55. The number of amides is 1. The average Bonchev–Trinajstić information content (AvgIpc) is 2.96. The minimum absolute atomic E-state index is 0.0656. The number of piperidine rings is 1. The number of hydrogen-bond donors (Lipinski definition) is 2. The summed E-state index contributed by atoms with van der Waals surface area (Å²) in [4.78, 5) is 16.5. The number of aryl methyl sites for hydroxylation is 2. The van der Waals surface area contributed by atoms with E-state index in [-0.39, 0.29) is 11.9 Å². The third-order valence-electron chi connectivity index (χ3n) is 4.10. The van der Waals surface area contributed by atoms with Crippen LogP contribution in [0.5, 0.6) is 0 Å². The van der Waals surface area contributed by atoms with Gasteiger partial charge in [-0.3, -0.25) is 4.79 Å². The van der Waals surface area contributed by atoms with E-state index >= 15 is 0 Å². The summed E-state index contributed by atoms with van der Waals surface area (Å²) in [6.07, 6.45) is 3.10. The summed E-state index contributed by atoms with van der Waals surface area (Å²) >= 11 is 0. The molecule has 1 saturated heterocycles. The summed E-state index contributed by atoms with van der Waals surface area (Å²) in [6, 6.07) is 10.2. The fraction of sp³-hybridized carbons (Fsp3) is 0.444. The van der Waals surface area contributed by atoms with Gasteiger partial charge >= 0.3 is 0 Å². The molecule has 1 aromatic carbocycles. The SMILES string of the molecule is Cc1nc(CCC(=O)NC2CCCNC2)oc1-c1ccccc1. The first-order chi connectivity index (χ1) is 11.2. The van der Waals surface area contributed by atoms with Crippen molar-refractivity contribution in [1.29, 1.82) is 0 Å². The third-order valence-corrected chi connectivity index (χ3v) is 4.10. The molecule has 5 heteroatoms.